The van der Waals surface area contributed by atoms with Gasteiger partial charge >= 0.3 is 6.09 Å². The number of carbonyl (C=O) groups is 4. The Bertz CT molecular complexity index is 1380. The topological polar surface area (TPSA) is 106 Å². The molecule has 2 aromatic carbocycles. The van der Waals surface area contributed by atoms with Crippen LogP contribution >= 0.6 is 0 Å². The first-order valence-corrected chi connectivity index (χ1v) is 15.2. The van der Waals surface area contributed by atoms with Crippen molar-refractivity contribution in [1.29, 1.82) is 0 Å². The van der Waals surface area contributed by atoms with Gasteiger partial charge in [0, 0.05) is 64.6 Å². The largest absolute Gasteiger partial charge is 0.444 e. The first-order valence-electron chi connectivity index (χ1n) is 15.2. The third-order valence-corrected chi connectivity index (χ3v) is 8.16. The molecule has 4 rings (SSSR count). The fraction of sp³-hybridized carbons (Fsp3) is 0.515. The smallest absolute Gasteiger partial charge is 0.410 e. The molecule has 1 N–H and O–H groups in total. The van der Waals surface area contributed by atoms with Crippen LogP contribution in [0.5, 0.6) is 0 Å². The maximum atomic E-state index is 13.7. The van der Waals surface area contributed by atoms with E-state index in [2.05, 4.69) is 17.4 Å². The van der Waals surface area contributed by atoms with Crippen LogP contribution in [-0.2, 0) is 38.6 Å². The predicted octanol–water partition coefficient (Wildman–Crippen LogP) is 3.79. The monoisotopic (exact) mass is 606 g/mol. The maximum absolute atomic E-state index is 13.7. The molecule has 4 amide bonds. The minimum absolute atomic E-state index is 0.0287. The quantitative estimate of drug-likeness (QED) is 0.439. The van der Waals surface area contributed by atoms with Gasteiger partial charge in [0.1, 0.15) is 12.1 Å². The summed E-state index contributed by atoms with van der Waals surface area (Å²) in [5.74, 6) is -0.395. The molecule has 0 atom stereocenters. The number of carbonyl (C=O) groups excluding carboxylic acids is 4. The average molecular weight is 607 g/mol. The first kappa shape index (κ1) is 32.8. The van der Waals surface area contributed by atoms with Crippen LogP contribution in [0.2, 0.25) is 0 Å². The number of aryl methyl sites for hydroxylation is 2. The van der Waals surface area contributed by atoms with Crippen LogP contribution in [-0.4, -0.2) is 96.1 Å². The van der Waals surface area contributed by atoms with Gasteiger partial charge in [-0.25, -0.2) is 9.80 Å². The van der Waals surface area contributed by atoms with Crippen molar-refractivity contribution in [3.8, 4) is 0 Å². The van der Waals surface area contributed by atoms with Crippen molar-refractivity contribution < 1.29 is 23.9 Å². The van der Waals surface area contributed by atoms with Crippen molar-refractivity contribution >= 4 is 35.2 Å². The zero-order chi connectivity index (χ0) is 32.2. The molecule has 0 radical (unpaired) electrons. The second-order valence-electron chi connectivity index (χ2n) is 12.5. The van der Waals surface area contributed by atoms with Gasteiger partial charge in [-0.3, -0.25) is 19.4 Å². The number of amides is 4. The second kappa shape index (κ2) is 13.7. The van der Waals surface area contributed by atoms with Crippen molar-refractivity contribution in [2.24, 2.45) is 0 Å². The van der Waals surface area contributed by atoms with Gasteiger partial charge in [0.2, 0.25) is 11.8 Å². The van der Waals surface area contributed by atoms with E-state index in [4.69, 9.17) is 4.74 Å². The zero-order valence-corrected chi connectivity index (χ0v) is 27.1. The van der Waals surface area contributed by atoms with Gasteiger partial charge in [-0.2, -0.15) is 0 Å². The molecular formula is C33H46N6O5. The summed E-state index contributed by atoms with van der Waals surface area (Å²) in [6.45, 7) is 11.1. The van der Waals surface area contributed by atoms with Crippen LogP contribution in [0.3, 0.4) is 0 Å². The number of hydrogen-bond donors (Lipinski definition) is 1. The van der Waals surface area contributed by atoms with E-state index in [9.17, 15) is 19.2 Å². The molecule has 11 nitrogen and oxygen atoms in total. The summed E-state index contributed by atoms with van der Waals surface area (Å²) in [4.78, 5) is 56.8. The highest BCUT2D eigenvalue weighted by molar-refractivity contribution is 5.96. The molecule has 11 heteroatoms. The van der Waals surface area contributed by atoms with Crippen molar-refractivity contribution in [3.63, 3.8) is 0 Å². The summed E-state index contributed by atoms with van der Waals surface area (Å²) in [5, 5.41) is 6.81. The summed E-state index contributed by atoms with van der Waals surface area (Å²) in [6, 6.07) is 12.1. The normalized spacial score (nSPS) is 14.5. The van der Waals surface area contributed by atoms with Crippen LogP contribution in [0.4, 0.5) is 16.2 Å². The van der Waals surface area contributed by atoms with Crippen LogP contribution in [0.15, 0.2) is 36.4 Å². The molecular weight excluding hydrogens is 560 g/mol. The predicted molar refractivity (Wildman–Crippen MR) is 170 cm³/mol. The van der Waals surface area contributed by atoms with Crippen LogP contribution < -0.4 is 10.2 Å². The molecule has 0 aliphatic carbocycles. The van der Waals surface area contributed by atoms with Crippen molar-refractivity contribution in [2.75, 3.05) is 57.0 Å². The summed E-state index contributed by atoms with van der Waals surface area (Å²) in [7, 11) is 3.51. The summed E-state index contributed by atoms with van der Waals surface area (Å²) < 4.78 is 5.54. The SMILES string of the molecule is CCN(CCN(CC(=O)N(C)N1Cc2ccccc2C1)C(=O)CNc1cc2c(cc1C)N(C)C(=O)CC2)C(=O)OC(C)(C)C. The molecule has 2 aromatic rings. The number of likely N-dealkylation sites (N-methyl/N-ethyl adjacent to an activating group) is 2. The van der Waals surface area contributed by atoms with Crippen molar-refractivity contribution in [1.82, 2.24) is 19.8 Å². The van der Waals surface area contributed by atoms with Crippen molar-refractivity contribution in [3.05, 3.63) is 58.7 Å². The second-order valence-corrected chi connectivity index (χ2v) is 12.5. The Morgan fingerprint density at radius 3 is 2.20 bits per heavy atom. The van der Waals surface area contributed by atoms with Gasteiger partial charge in [0.25, 0.3) is 5.91 Å². The highest BCUT2D eigenvalue weighted by Gasteiger charge is 2.29. The Balaban J connectivity index is 1.46. The van der Waals surface area contributed by atoms with E-state index in [-0.39, 0.29) is 43.9 Å². The molecule has 0 aromatic heterocycles. The molecule has 2 aliphatic heterocycles. The number of nitrogens with zero attached hydrogens (tertiary/aromatic N) is 5. The Kier molecular flexibility index (Phi) is 10.2. The van der Waals surface area contributed by atoms with Gasteiger partial charge < -0.3 is 24.8 Å². The van der Waals surface area contributed by atoms with E-state index in [0.29, 0.717) is 32.5 Å². The number of hydrogen-bond acceptors (Lipinski definition) is 7. The summed E-state index contributed by atoms with van der Waals surface area (Å²) >= 11 is 0. The zero-order valence-electron chi connectivity index (χ0n) is 27.1. The lowest BCUT2D eigenvalue weighted by atomic mass is 9.98. The molecule has 0 saturated heterocycles. The number of fused-ring (bicyclic) bond motifs is 2. The molecule has 2 heterocycles. The molecule has 2 aliphatic rings. The van der Waals surface area contributed by atoms with E-state index < -0.39 is 11.7 Å². The number of ether oxygens (including phenoxy) is 1. The van der Waals surface area contributed by atoms with Gasteiger partial charge in [0.05, 0.1) is 6.54 Å². The third kappa shape index (κ3) is 7.88. The van der Waals surface area contributed by atoms with Gasteiger partial charge in [-0.05, 0) is 75.4 Å². The lowest BCUT2D eigenvalue weighted by molar-refractivity contribution is -0.151. The minimum atomic E-state index is -0.648. The Morgan fingerprint density at radius 1 is 0.955 bits per heavy atom. The molecule has 0 saturated carbocycles. The fourth-order valence-electron chi connectivity index (χ4n) is 5.46. The number of hydrazine groups is 1. The Hall–Kier alpha value is -4.12. The van der Waals surface area contributed by atoms with Crippen LogP contribution in [0, 0.1) is 6.92 Å². The lowest BCUT2D eigenvalue weighted by Crippen LogP contribution is -2.50. The highest BCUT2D eigenvalue weighted by Crippen LogP contribution is 2.32. The van der Waals surface area contributed by atoms with Crippen LogP contribution in [0.25, 0.3) is 0 Å². The van der Waals surface area contributed by atoms with E-state index in [0.717, 1.165) is 22.5 Å². The Morgan fingerprint density at radius 2 is 1.59 bits per heavy atom. The summed E-state index contributed by atoms with van der Waals surface area (Å²) in [5.41, 5.74) is 5.36. The fourth-order valence-corrected chi connectivity index (χ4v) is 5.46. The van der Waals surface area contributed by atoms with Gasteiger partial charge in [-0.1, -0.05) is 24.3 Å². The number of rotatable bonds is 10. The van der Waals surface area contributed by atoms with Gasteiger partial charge in [0.15, 0.2) is 0 Å². The van der Waals surface area contributed by atoms with E-state index >= 15 is 0 Å². The standard InChI is InChI=1S/C33H46N6O5/c1-8-37(32(43)44-33(3,4)5)15-16-38(22-31(42)36(7)39-20-25-11-9-10-12-26(25)21-39)30(41)19-34-27-18-24-13-14-29(40)35(6)28(24)17-23(27)2/h9-12,17-18,34H,8,13-16,19-22H2,1-7H3. The maximum Gasteiger partial charge on any atom is 0.410 e. The molecule has 238 valence electrons. The molecule has 0 bridgehead atoms. The van der Waals surface area contributed by atoms with E-state index in [1.165, 1.54) is 20.9 Å². The molecule has 0 fully saturated rings. The molecule has 0 unspecified atom stereocenters. The van der Waals surface area contributed by atoms with Gasteiger partial charge in [-0.15, -0.1) is 0 Å². The average Bonchev–Trinajstić information content (AvgIpc) is 3.41. The summed E-state index contributed by atoms with van der Waals surface area (Å²) in [6.07, 6.45) is 0.630. The number of benzene rings is 2. The lowest BCUT2D eigenvalue weighted by Gasteiger charge is -2.32. The van der Waals surface area contributed by atoms with Crippen molar-refractivity contribution in [2.45, 2.75) is 66.2 Å². The molecule has 0 spiro atoms. The van der Waals surface area contributed by atoms with E-state index in [1.54, 1.807) is 24.0 Å². The number of nitrogens with one attached hydrogen (secondary N) is 1. The Labute approximate surface area is 260 Å². The first-order chi connectivity index (χ1) is 20.8. The van der Waals surface area contributed by atoms with Crippen LogP contribution in [0.1, 0.15) is 56.4 Å². The number of anilines is 2. The molecule has 44 heavy (non-hydrogen) atoms. The van der Waals surface area contributed by atoms with E-state index in [1.807, 2.05) is 63.9 Å². The highest BCUT2D eigenvalue weighted by atomic mass is 16.6. The minimum Gasteiger partial charge on any atom is -0.444 e. The third-order valence-electron chi connectivity index (χ3n) is 8.16.